The molecule has 5 rings (SSSR count). The number of aliphatic imine (C=N–C) groups is 1. The van der Waals surface area contributed by atoms with Gasteiger partial charge in [0.05, 0.1) is 25.0 Å². The fraction of sp³-hybridized carbons (Fsp3) is 0.355. The number of nitrogens with one attached hydrogen (secondary N) is 1. The molecule has 0 saturated carbocycles. The van der Waals surface area contributed by atoms with Gasteiger partial charge in [0.25, 0.3) is 0 Å². The maximum absolute atomic E-state index is 14.4. The van der Waals surface area contributed by atoms with Gasteiger partial charge in [-0.2, -0.15) is 10.2 Å². The maximum atomic E-state index is 14.4. The van der Waals surface area contributed by atoms with Crippen LogP contribution in [0.25, 0.3) is 5.52 Å². The summed E-state index contributed by atoms with van der Waals surface area (Å²) in [5, 5.41) is 18.6. The summed E-state index contributed by atoms with van der Waals surface area (Å²) in [5.74, 6) is -0.632. The SMILES string of the molecule is CCOC(=O)[C@H](Cc1ccccc1)NP(=O)(OC[C@H]1O[C@@](C=NC)(c2ccc3c(N)ncnn23)[C@@H](C)[C@@H]1O)Oc1ccccc1. The molecule has 14 heteroatoms. The molecular weight excluding hydrogens is 599 g/mol. The number of nitrogen functional groups attached to an aromatic ring is 1. The summed E-state index contributed by atoms with van der Waals surface area (Å²) in [4.78, 5) is 21.3. The number of aliphatic hydroxyl groups is 1. The van der Waals surface area contributed by atoms with Crippen LogP contribution in [0.1, 0.15) is 25.1 Å². The molecule has 4 N–H and O–H groups in total. The van der Waals surface area contributed by atoms with Gasteiger partial charge in [0, 0.05) is 19.2 Å². The van der Waals surface area contributed by atoms with Gasteiger partial charge in [0.2, 0.25) is 0 Å². The van der Waals surface area contributed by atoms with Gasteiger partial charge in [-0.15, -0.1) is 0 Å². The second-order valence-electron chi connectivity index (χ2n) is 10.6. The van der Waals surface area contributed by atoms with Crippen LogP contribution in [0.2, 0.25) is 0 Å². The second-order valence-corrected chi connectivity index (χ2v) is 12.3. The number of aliphatic hydroxyl groups excluding tert-OH is 1. The topological polar surface area (TPSA) is 172 Å². The summed E-state index contributed by atoms with van der Waals surface area (Å²) in [6, 6.07) is 20.2. The molecule has 0 radical (unpaired) electrons. The fourth-order valence-corrected chi connectivity index (χ4v) is 6.93. The number of hydrogen-bond acceptors (Lipinski definition) is 11. The predicted octanol–water partition coefficient (Wildman–Crippen LogP) is 3.57. The van der Waals surface area contributed by atoms with E-state index in [-0.39, 0.29) is 31.2 Å². The fourth-order valence-electron chi connectivity index (χ4n) is 5.43. The Labute approximate surface area is 261 Å². The van der Waals surface area contributed by atoms with Crippen LogP contribution in [0.3, 0.4) is 0 Å². The molecule has 13 nitrogen and oxygen atoms in total. The molecule has 0 bridgehead atoms. The number of hydrogen-bond donors (Lipinski definition) is 3. The van der Waals surface area contributed by atoms with Crippen molar-refractivity contribution in [3.63, 3.8) is 0 Å². The Morgan fingerprint density at radius 2 is 1.91 bits per heavy atom. The van der Waals surface area contributed by atoms with Crippen molar-refractivity contribution in [1.29, 1.82) is 0 Å². The highest BCUT2D eigenvalue weighted by Crippen LogP contribution is 2.48. The Balaban J connectivity index is 1.43. The normalized spacial score (nSPS) is 23.6. The van der Waals surface area contributed by atoms with Gasteiger partial charge in [0.15, 0.2) is 11.4 Å². The molecule has 0 aliphatic carbocycles. The van der Waals surface area contributed by atoms with Crippen molar-refractivity contribution in [3.05, 3.63) is 90.4 Å². The van der Waals surface area contributed by atoms with Crippen LogP contribution in [0, 0.1) is 5.92 Å². The second kappa shape index (κ2) is 13.9. The third-order valence-electron chi connectivity index (χ3n) is 7.66. The number of nitrogens with two attached hydrogens (primary N) is 1. The minimum Gasteiger partial charge on any atom is -0.465 e. The predicted molar refractivity (Wildman–Crippen MR) is 168 cm³/mol. The molecule has 0 amide bonds. The number of benzene rings is 2. The third kappa shape index (κ3) is 6.92. The Morgan fingerprint density at radius 3 is 2.60 bits per heavy atom. The highest BCUT2D eigenvalue weighted by atomic mass is 31.2. The smallest absolute Gasteiger partial charge is 0.459 e. The molecule has 1 fully saturated rings. The molecule has 1 unspecified atom stereocenters. The zero-order valence-corrected chi connectivity index (χ0v) is 26.1. The van der Waals surface area contributed by atoms with Crippen molar-refractivity contribution >= 4 is 31.3 Å². The number of carbonyl (C=O) groups is 1. The molecule has 0 spiro atoms. The summed E-state index contributed by atoms with van der Waals surface area (Å²) in [7, 11) is -2.69. The van der Waals surface area contributed by atoms with Crippen LogP contribution in [-0.2, 0) is 35.4 Å². The first-order valence-corrected chi connectivity index (χ1v) is 16.1. The quantitative estimate of drug-likeness (QED) is 0.111. The summed E-state index contributed by atoms with van der Waals surface area (Å²) in [5.41, 5.74) is 6.76. The van der Waals surface area contributed by atoms with E-state index in [1.807, 2.05) is 37.3 Å². The van der Waals surface area contributed by atoms with E-state index in [2.05, 4.69) is 20.2 Å². The zero-order valence-electron chi connectivity index (χ0n) is 25.2. The highest BCUT2D eigenvalue weighted by Gasteiger charge is 2.54. The van der Waals surface area contributed by atoms with Gasteiger partial charge >= 0.3 is 13.7 Å². The number of aromatic nitrogens is 3. The first-order valence-electron chi connectivity index (χ1n) is 14.5. The molecule has 1 aliphatic heterocycles. The molecular formula is C31H37N6O7P. The number of esters is 1. The standard InChI is InChI=1S/C31H37N6O7P/c1-4-41-30(39)24(17-22-11-7-5-8-12-22)36-45(40,44-23-13-9-6-10-14-23)42-18-26-28(38)21(2)31(43-26,19-33-3)27-16-15-25-29(32)34-20-35-37(25)27/h5-16,19-21,24,26,28,38H,4,17-18H2,1-3H3,(H,36,40)(H2,32,34,35)/t21-,24-,26+,28-,31+,45?/m0/s1. The maximum Gasteiger partial charge on any atom is 0.459 e. The minimum atomic E-state index is -4.29. The van der Waals surface area contributed by atoms with Gasteiger partial charge < -0.3 is 24.8 Å². The van der Waals surface area contributed by atoms with Crippen molar-refractivity contribution < 1.29 is 33.0 Å². The van der Waals surface area contributed by atoms with E-state index in [1.54, 1.807) is 67.2 Å². The Hall–Kier alpha value is -4.13. The van der Waals surface area contributed by atoms with Crippen LogP contribution < -0.4 is 15.3 Å². The number of ether oxygens (including phenoxy) is 2. The van der Waals surface area contributed by atoms with Crippen LogP contribution in [-0.4, -0.2) is 70.4 Å². The van der Waals surface area contributed by atoms with Crippen molar-refractivity contribution in [3.8, 4) is 5.75 Å². The van der Waals surface area contributed by atoms with Gasteiger partial charge in [-0.1, -0.05) is 55.5 Å². The first kappa shape index (κ1) is 32.3. The molecule has 238 valence electrons. The lowest BCUT2D eigenvalue weighted by atomic mass is 9.84. The van der Waals surface area contributed by atoms with E-state index in [9.17, 15) is 14.5 Å². The molecule has 4 aromatic rings. The van der Waals surface area contributed by atoms with Crippen molar-refractivity contribution in [2.24, 2.45) is 10.9 Å². The lowest BCUT2D eigenvalue weighted by Gasteiger charge is -2.29. The average Bonchev–Trinajstić information content (AvgIpc) is 3.58. The van der Waals surface area contributed by atoms with E-state index in [4.69, 9.17) is 24.3 Å². The highest BCUT2D eigenvalue weighted by molar-refractivity contribution is 7.52. The Morgan fingerprint density at radius 1 is 1.20 bits per heavy atom. The Kier molecular flexibility index (Phi) is 9.96. The van der Waals surface area contributed by atoms with Crippen LogP contribution in [0.4, 0.5) is 5.82 Å². The molecule has 3 heterocycles. The summed E-state index contributed by atoms with van der Waals surface area (Å²) >= 11 is 0. The van der Waals surface area contributed by atoms with Gasteiger partial charge in [-0.3, -0.25) is 14.3 Å². The van der Waals surface area contributed by atoms with Crippen molar-refractivity contribution in [1.82, 2.24) is 19.7 Å². The number of rotatable bonds is 13. The van der Waals surface area contributed by atoms with Crippen molar-refractivity contribution in [2.45, 2.75) is 44.1 Å². The number of nitrogens with zero attached hydrogens (tertiary/aromatic N) is 4. The molecule has 45 heavy (non-hydrogen) atoms. The van der Waals surface area contributed by atoms with Crippen LogP contribution in [0.5, 0.6) is 5.75 Å². The Bertz CT molecular complexity index is 1670. The van der Waals surface area contributed by atoms with E-state index in [0.717, 1.165) is 5.56 Å². The zero-order chi connectivity index (χ0) is 32.0. The summed E-state index contributed by atoms with van der Waals surface area (Å²) in [6.45, 7) is 3.27. The lowest BCUT2D eigenvalue weighted by Crippen LogP contribution is -2.40. The number of anilines is 1. The van der Waals surface area contributed by atoms with Gasteiger partial charge in [0.1, 0.15) is 29.7 Å². The first-order chi connectivity index (χ1) is 21.7. The molecule has 2 aromatic heterocycles. The number of carbonyl (C=O) groups excluding carboxylic acids is 1. The summed E-state index contributed by atoms with van der Waals surface area (Å²) in [6.07, 6.45) is 1.02. The largest absolute Gasteiger partial charge is 0.465 e. The van der Waals surface area contributed by atoms with E-state index in [1.165, 1.54) is 6.33 Å². The van der Waals surface area contributed by atoms with Gasteiger partial charge in [-0.05, 0) is 43.2 Å². The van der Waals surface area contributed by atoms with E-state index < -0.39 is 43.5 Å². The summed E-state index contributed by atoms with van der Waals surface area (Å²) < 4.78 is 39.6. The molecule has 1 aliphatic rings. The number of fused-ring (bicyclic) bond motifs is 1. The average molecular weight is 637 g/mol. The van der Waals surface area contributed by atoms with Gasteiger partial charge in [-0.25, -0.2) is 14.1 Å². The molecule has 2 aromatic carbocycles. The van der Waals surface area contributed by atoms with E-state index >= 15 is 0 Å². The van der Waals surface area contributed by atoms with Crippen molar-refractivity contribution in [2.75, 3.05) is 26.0 Å². The van der Waals surface area contributed by atoms with E-state index in [0.29, 0.717) is 11.2 Å². The van der Waals surface area contributed by atoms with Crippen LogP contribution in [0.15, 0.2) is 84.1 Å². The number of para-hydroxylation sites is 1. The molecule has 6 atom stereocenters. The lowest BCUT2D eigenvalue weighted by molar-refractivity contribution is -0.145. The molecule has 1 saturated heterocycles. The van der Waals surface area contributed by atoms with Crippen LogP contribution >= 0.6 is 7.75 Å². The monoisotopic (exact) mass is 636 g/mol. The minimum absolute atomic E-state index is 0.128. The third-order valence-corrected chi connectivity index (χ3v) is 9.23.